The summed E-state index contributed by atoms with van der Waals surface area (Å²) >= 11 is 0. The number of carbonyl (C=O) groups is 1. The molecular formula is C34H31F2N7O. The number of hydrogen-bond acceptors (Lipinski definition) is 6. The molecule has 10 heteroatoms. The van der Waals surface area contributed by atoms with Crippen LogP contribution in [0, 0.1) is 17.6 Å². The molecule has 44 heavy (non-hydrogen) atoms. The van der Waals surface area contributed by atoms with Crippen molar-refractivity contribution in [3.63, 3.8) is 0 Å². The van der Waals surface area contributed by atoms with Gasteiger partial charge in [0, 0.05) is 64.0 Å². The average molecular weight is 592 g/mol. The summed E-state index contributed by atoms with van der Waals surface area (Å²) in [6.07, 6.45) is 14.0. The predicted molar refractivity (Wildman–Crippen MR) is 167 cm³/mol. The van der Waals surface area contributed by atoms with E-state index in [0.717, 1.165) is 48.9 Å². The van der Waals surface area contributed by atoms with Crippen molar-refractivity contribution in [2.45, 2.75) is 38.5 Å². The molecule has 1 aliphatic heterocycles. The quantitative estimate of drug-likeness (QED) is 0.183. The second-order valence-corrected chi connectivity index (χ2v) is 11.4. The van der Waals surface area contributed by atoms with Crippen LogP contribution in [0.15, 0.2) is 78.9 Å². The van der Waals surface area contributed by atoms with Crippen LogP contribution in [-0.4, -0.2) is 20.9 Å². The molecule has 0 radical (unpaired) electrons. The van der Waals surface area contributed by atoms with Gasteiger partial charge in [-0.3, -0.25) is 9.78 Å². The Bertz CT molecular complexity index is 1850. The van der Waals surface area contributed by atoms with Gasteiger partial charge in [-0.25, -0.2) is 13.8 Å². The van der Waals surface area contributed by atoms with E-state index in [1.807, 2.05) is 12.2 Å². The fourth-order valence-electron chi connectivity index (χ4n) is 6.16. The third-order valence-corrected chi connectivity index (χ3v) is 8.42. The van der Waals surface area contributed by atoms with E-state index in [-0.39, 0.29) is 17.6 Å². The maximum atomic E-state index is 16.5. The summed E-state index contributed by atoms with van der Waals surface area (Å²) in [5.41, 5.74) is 18.7. The summed E-state index contributed by atoms with van der Waals surface area (Å²) in [5.74, 6) is -0.359. The molecule has 0 atom stereocenters. The van der Waals surface area contributed by atoms with Crippen LogP contribution < -0.4 is 21.9 Å². The Labute approximate surface area is 253 Å². The molecule has 0 unspecified atom stereocenters. The van der Waals surface area contributed by atoms with Crippen LogP contribution in [0.25, 0.3) is 22.3 Å². The normalized spacial score (nSPS) is 16.3. The number of amides is 1. The number of nitrogens with two attached hydrogens (primary N) is 1. The van der Waals surface area contributed by atoms with Crippen molar-refractivity contribution < 1.29 is 13.6 Å². The highest BCUT2D eigenvalue weighted by Crippen LogP contribution is 2.39. The zero-order chi connectivity index (χ0) is 30.2. The second-order valence-electron chi connectivity index (χ2n) is 11.4. The first kappa shape index (κ1) is 27.6. The number of H-pyrrole nitrogens is 1. The Morgan fingerprint density at radius 2 is 1.77 bits per heavy atom. The molecule has 2 aromatic carbocycles. The zero-order valence-electron chi connectivity index (χ0n) is 23.9. The Morgan fingerprint density at radius 3 is 2.59 bits per heavy atom. The Balaban J connectivity index is 1.23. The number of benzene rings is 2. The number of allylic oxidation sites excluding steroid dienone is 3. The first-order valence-corrected chi connectivity index (χ1v) is 14.8. The number of aromatic nitrogens is 3. The molecule has 2 aliphatic carbocycles. The SMILES string of the molecule is NC1=CC=C(c2ccc(F)cc2)c2nc(C3=CNNc4ccc(-c5cncc(NC(=O)C6CCCCC6)c5)c(F)c43)[nH]c2C1. The number of anilines is 2. The van der Waals surface area contributed by atoms with Gasteiger partial charge in [0.05, 0.1) is 23.3 Å². The van der Waals surface area contributed by atoms with E-state index in [0.29, 0.717) is 57.3 Å². The topological polar surface area (TPSA) is 121 Å². The van der Waals surface area contributed by atoms with Crippen molar-refractivity contribution in [1.82, 2.24) is 20.4 Å². The highest BCUT2D eigenvalue weighted by atomic mass is 19.1. The summed E-state index contributed by atoms with van der Waals surface area (Å²) in [4.78, 5) is 25.4. The van der Waals surface area contributed by atoms with Crippen molar-refractivity contribution in [2.75, 3.05) is 10.7 Å². The molecule has 1 fully saturated rings. The van der Waals surface area contributed by atoms with Gasteiger partial charge in [-0.2, -0.15) is 0 Å². The van der Waals surface area contributed by atoms with E-state index in [2.05, 4.69) is 26.1 Å². The van der Waals surface area contributed by atoms with Gasteiger partial charge in [0.2, 0.25) is 5.91 Å². The van der Waals surface area contributed by atoms with Crippen molar-refractivity contribution in [1.29, 1.82) is 0 Å². The predicted octanol–water partition coefficient (Wildman–Crippen LogP) is 6.42. The third-order valence-electron chi connectivity index (χ3n) is 8.42. The van der Waals surface area contributed by atoms with Gasteiger partial charge < -0.3 is 26.9 Å². The number of hydrogen-bond donors (Lipinski definition) is 5. The Morgan fingerprint density at radius 1 is 0.955 bits per heavy atom. The molecular weight excluding hydrogens is 560 g/mol. The van der Waals surface area contributed by atoms with Crippen molar-refractivity contribution in [3.05, 3.63) is 119 Å². The lowest BCUT2D eigenvalue weighted by Gasteiger charge is -2.22. The maximum absolute atomic E-state index is 16.5. The number of nitrogens with one attached hydrogen (secondary N) is 4. The Hall–Kier alpha value is -5.25. The fourth-order valence-corrected chi connectivity index (χ4v) is 6.16. The van der Waals surface area contributed by atoms with Crippen LogP contribution in [0.5, 0.6) is 0 Å². The summed E-state index contributed by atoms with van der Waals surface area (Å²) < 4.78 is 30.2. The van der Waals surface area contributed by atoms with Gasteiger partial charge in [-0.05, 0) is 54.8 Å². The van der Waals surface area contributed by atoms with Crippen LogP contribution in [0.3, 0.4) is 0 Å². The number of carbonyl (C=O) groups excluding carboxylic acids is 1. The zero-order valence-corrected chi connectivity index (χ0v) is 23.9. The van der Waals surface area contributed by atoms with Gasteiger partial charge in [0.15, 0.2) is 0 Å². The van der Waals surface area contributed by atoms with Crippen molar-refractivity contribution in [2.24, 2.45) is 11.7 Å². The molecule has 3 aliphatic rings. The molecule has 0 spiro atoms. The Kier molecular flexibility index (Phi) is 7.17. The lowest BCUT2D eigenvalue weighted by molar-refractivity contribution is -0.120. The van der Waals surface area contributed by atoms with Crippen molar-refractivity contribution in [3.8, 4) is 11.1 Å². The first-order chi connectivity index (χ1) is 21.4. The minimum absolute atomic E-state index is 0.00756. The summed E-state index contributed by atoms with van der Waals surface area (Å²) in [7, 11) is 0. The van der Waals surface area contributed by atoms with Crippen LogP contribution >= 0.6 is 0 Å². The van der Waals surface area contributed by atoms with Crippen LogP contribution in [0.1, 0.15) is 60.4 Å². The van der Waals surface area contributed by atoms with Crippen LogP contribution in [0.4, 0.5) is 20.2 Å². The van der Waals surface area contributed by atoms with E-state index >= 15 is 4.39 Å². The molecule has 2 aromatic heterocycles. The molecule has 4 aromatic rings. The largest absolute Gasteiger partial charge is 0.402 e. The van der Waals surface area contributed by atoms with Gasteiger partial charge in [0.1, 0.15) is 17.5 Å². The number of fused-ring (bicyclic) bond motifs is 2. The van der Waals surface area contributed by atoms with Crippen LogP contribution in [-0.2, 0) is 11.2 Å². The number of imidazole rings is 1. The van der Waals surface area contributed by atoms with Gasteiger partial charge >= 0.3 is 0 Å². The molecule has 0 saturated heterocycles. The monoisotopic (exact) mass is 591 g/mol. The van der Waals surface area contributed by atoms with Gasteiger partial charge in [-0.1, -0.05) is 37.5 Å². The molecule has 0 bridgehead atoms. The molecule has 222 valence electrons. The molecule has 6 N–H and O–H groups in total. The van der Waals surface area contributed by atoms with Gasteiger partial charge in [0.25, 0.3) is 0 Å². The molecule has 8 nitrogen and oxygen atoms in total. The standard InChI is InChI=1S/C34H31F2N7O/c35-22-8-6-19(7-9-22)26-11-10-23(37)15-29-32(26)42-33(41-29)27-18-39-43-28-13-12-25(31(36)30(27)28)21-14-24(17-38-16-21)40-34(44)20-4-2-1-3-5-20/h6-14,16-18,20,39,43H,1-5,15,37H2,(H,40,44)(H,41,42). The molecule has 1 saturated carbocycles. The molecule has 3 heterocycles. The summed E-state index contributed by atoms with van der Waals surface area (Å²) in [6.45, 7) is 0. The summed E-state index contributed by atoms with van der Waals surface area (Å²) in [5, 5.41) is 2.98. The second kappa shape index (κ2) is 11.4. The molecule has 1 amide bonds. The van der Waals surface area contributed by atoms with E-state index in [1.165, 1.54) is 12.1 Å². The number of pyridine rings is 1. The van der Waals surface area contributed by atoms with Crippen molar-refractivity contribution >= 4 is 28.4 Å². The van der Waals surface area contributed by atoms with E-state index < -0.39 is 5.82 Å². The number of aromatic amines is 1. The minimum Gasteiger partial charge on any atom is -0.402 e. The maximum Gasteiger partial charge on any atom is 0.227 e. The highest BCUT2D eigenvalue weighted by Gasteiger charge is 2.27. The smallest absolute Gasteiger partial charge is 0.227 e. The average Bonchev–Trinajstić information content (AvgIpc) is 3.38. The fraction of sp³-hybridized carbons (Fsp3) is 0.206. The number of halogens is 2. The third kappa shape index (κ3) is 5.23. The minimum atomic E-state index is -0.458. The lowest BCUT2D eigenvalue weighted by atomic mass is 9.88. The van der Waals surface area contributed by atoms with Gasteiger partial charge in [-0.15, -0.1) is 0 Å². The highest BCUT2D eigenvalue weighted by molar-refractivity contribution is 5.94. The van der Waals surface area contributed by atoms with Crippen LogP contribution in [0.2, 0.25) is 0 Å². The van der Waals surface area contributed by atoms with E-state index in [1.54, 1.807) is 48.9 Å². The van der Waals surface area contributed by atoms with E-state index in [4.69, 9.17) is 10.7 Å². The lowest BCUT2D eigenvalue weighted by Crippen LogP contribution is -2.24. The number of nitrogens with zero attached hydrogens (tertiary/aromatic N) is 2. The number of hydrazine groups is 1. The molecule has 7 rings (SSSR count). The first-order valence-electron chi connectivity index (χ1n) is 14.8. The van der Waals surface area contributed by atoms with E-state index in [9.17, 15) is 9.18 Å². The number of rotatable bonds is 5. The summed E-state index contributed by atoms with van der Waals surface area (Å²) in [6, 6.07) is 11.4.